The maximum absolute atomic E-state index is 11.5. The van der Waals surface area contributed by atoms with Crippen molar-refractivity contribution in [3.8, 4) is 5.75 Å². The van der Waals surface area contributed by atoms with Crippen molar-refractivity contribution in [2.24, 2.45) is 0 Å². The number of imide groups is 1. The molecule has 0 aromatic heterocycles. The SMILES string of the molecule is Cl.O=C1CSC(=O)N1CCCCCNCC1CCc2ccccc2O1. The highest BCUT2D eigenvalue weighted by molar-refractivity contribution is 8.14. The maximum atomic E-state index is 11.5. The summed E-state index contributed by atoms with van der Waals surface area (Å²) in [7, 11) is 0. The number of carbonyl (C=O) groups is 2. The average molecular weight is 385 g/mol. The standard InChI is InChI=1S/C18H24N2O3S.ClH/c21-17-13-24-18(22)20(17)11-5-1-4-10-19-12-15-9-8-14-6-2-3-7-16(14)23-15;/h2-3,6-7,15,19H,1,4-5,8-13H2;1H. The van der Waals surface area contributed by atoms with Crippen LogP contribution < -0.4 is 10.1 Å². The minimum atomic E-state index is -0.0900. The van der Waals surface area contributed by atoms with Gasteiger partial charge >= 0.3 is 0 Å². The Morgan fingerprint density at radius 1 is 1.20 bits per heavy atom. The van der Waals surface area contributed by atoms with Gasteiger partial charge in [0.25, 0.3) is 5.24 Å². The second kappa shape index (κ2) is 10.0. The molecule has 0 saturated carbocycles. The van der Waals surface area contributed by atoms with E-state index in [2.05, 4.69) is 17.4 Å². The number of carbonyl (C=O) groups excluding carboxylic acids is 2. The quantitative estimate of drug-likeness (QED) is 0.697. The molecule has 1 atom stereocenters. The van der Waals surface area contributed by atoms with Crippen molar-refractivity contribution in [3.63, 3.8) is 0 Å². The highest BCUT2D eigenvalue weighted by atomic mass is 35.5. The second-order valence-electron chi connectivity index (χ2n) is 6.25. The summed E-state index contributed by atoms with van der Waals surface area (Å²) >= 11 is 1.11. The van der Waals surface area contributed by atoms with Crippen LogP contribution in [0.25, 0.3) is 0 Å². The summed E-state index contributed by atoms with van der Waals surface area (Å²) in [5.41, 5.74) is 1.30. The normalized spacial score (nSPS) is 19.4. The third kappa shape index (κ3) is 5.62. The monoisotopic (exact) mass is 384 g/mol. The fraction of sp³-hybridized carbons (Fsp3) is 0.556. The lowest BCUT2D eigenvalue weighted by atomic mass is 10.0. The minimum Gasteiger partial charge on any atom is -0.489 e. The molecule has 0 spiro atoms. The zero-order valence-corrected chi connectivity index (χ0v) is 15.9. The van der Waals surface area contributed by atoms with E-state index < -0.39 is 0 Å². The molecule has 138 valence electrons. The van der Waals surface area contributed by atoms with E-state index in [9.17, 15) is 9.59 Å². The predicted octanol–water partition coefficient (Wildman–Crippen LogP) is 3.26. The smallest absolute Gasteiger partial charge is 0.288 e. The summed E-state index contributed by atoms with van der Waals surface area (Å²) in [6.45, 7) is 2.37. The maximum Gasteiger partial charge on any atom is 0.288 e. The van der Waals surface area contributed by atoms with Crippen LogP contribution in [0.15, 0.2) is 24.3 Å². The van der Waals surface area contributed by atoms with Crippen molar-refractivity contribution < 1.29 is 14.3 Å². The number of benzene rings is 1. The van der Waals surface area contributed by atoms with E-state index in [1.165, 1.54) is 10.5 Å². The Bertz CT molecular complexity index is 583. The van der Waals surface area contributed by atoms with Crippen molar-refractivity contribution in [2.45, 2.75) is 38.2 Å². The van der Waals surface area contributed by atoms with Gasteiger partial charge in [0.1, 0.15) is 11.9 Å². The number of halogens is 1. The Morgan fingerprint density at radius 2 is 2.04 bits per heavy atom. The summed E-state index contributed by atoms with van der Waals surface area (Å²) < 4.78 is 6.00. The first kappa shape index (κ1) is 20.1. The van der Waals surface area contributed by atoms with E-state index in [1.54, 1.807) is 0 Å². The highest BCUT2D eigenvalue weighted by Gasteiger charge is 2.28. The minimum absolute atomic E-state index is 0. The molecule has 25 heavy (non-hydrogen) atoms. The molecule has 1 fully saturated rings. The third-order valence-corrected chi connectivity index (χ3v) is 5.31. The number of amides is 2. The van der Waals surface area contributed by atoms with Crippen molar-refractivity contribution in [1.29, 1.82) is 0 Å². The molecular weight excluding hydrogens is 360 g/mol. The van der Waals surface area contributed by atoms with Gasteiger partial charge in [0.2, 0.25) is 5.91 Å². The first-order valence-corrected chi connectivity index (χ1v) is 9.65. The number of fused-ring (bicyclic) bond motifs is 1. The number of nitrogens with one attached hydrogen (secondary N) is 1. The number of unbranched alkanes of at least 4 members (excludes halogenated alkanes) is 2. The molecule has 0 radical (unpaired) electrons. The first-order valence-electron chi connectivity index (χ1n) is 8.66. The van der Waals surface area contributed by atoms with Gasteiger partial charge in [-0.05, 0) is 43.9 Å². The van der Waals surface area contributed by atoms with E-state index in [4.69, 9.17) is 4.74 Å². The average Bonchev–Trinajstić information content (AvgIpc) is 2.92. The van der Waals surface area contributed by atoms with Gasteiger partial charge in [0, 0.05) is 13.1 Å². The van der Waals surface area contributed by atoms with E-state index >= 15 is 0 Å². The highest BCUT2D eigenvalue weighted by Crippen LogP contribution is 2.26. The molecule has 5 nitrogen and oxygen atoms in total. The molecule has 1 N–H and O–H groups in total. The number of rotatable bonds is 8. The van der Waals surface area contributed by atoms with Crippen LogP contribution >= 0.6 is 24.2 Å². The van der Waals surface area contributed by atoms with E-state index in [0.29, 0.717) is 12.3 Å². The summed E-state index contributed by atoms with van der Waals surface area (Å²) in [6.07, 6.45) is 5.33. The van der Waals surface area contributed by atoms with Gasteiger partial charge in [0.05, 0.1) is 5.75 Å². The van der Waals surface area contributed by atoms with Gasteiger partial charge in [0.15, 0.2) is 0 Å². The van der Waals surface area contributed by atoms with Crippen molar-refractivity contribution in [2.75, 3.05) is 25.4 Å². The molecule has 3 rings (SSSR count). The number of hydrogen-bond donors (Lipinski definition) is 1. The van der Waals surface area contributed by atoms with Crippen LogP contribution in [0, 0.1) is 0 Å². The Hall–Kier alpha value is -1.24. The lowest BCUT2D eigenvalue weighted by Crippen LogP contribution is -2.34. The van der Waals surface area contributed by atoms with Crippen molar-refractivity contribution in [1.82, 2.24) is 10.2 Å². The van der Waals surface area contributed by atoms with Gasteiger partial charge in [-0.25, -0.2) is 0 Å². The van der Waals surface area contributed by atoms with Crippen LogP contribution in [-0.2, 0) is 11.2 Å². The number of thioether (sulfide) groups is 1. The molecule has 1 aromatic carbocycles. The van der Waals surface area contributed by atoms with Gasteiger partial charge in [-0.3, -0.25) is 14.5 Å². The number of para-hydroxylation sites is 1. The second-order valence-corrected chi connectivity index (χ2v) is 7.18. The first-order chi connectivity index (χ1) is 11.7. The Kier molecular flexibility index (Phi) is 8.06. The van der Waals surface area contributed by atoms with Crippen LogP contribution in [0.3, 0.4) is 0 Å². The number of aryl methyl sites for hydroxylation is 1. The van der Waals surface area contributed by atoms with Gasteiger partial charge in [-0.15, -0.1) is 12.4 Å². The summed E-state index contributed by atoms with van der Waals surface area (Å²) in [5, 5.41) is 3.37. The predicted molar refractivity (Wildman–Crippen MR) is 103 cm³/mol. The lowest BCUT2D eigenvalue weighted by molar-refractivity contribution is -0.124. The summed E-state index contributed by atoms with van der Waals surface area (Å²) in [6, 6.07) is 8.25. The van der Waals surface area contributed by atoms with Gasteiger partial charge < -0.3 is 10.1 Å². The fourth-order valence-corrected chi connectivity index (χ4v) is 3.83. The summed E-state index contributed by atoms with van der Waals surface area (Å²) in [4.78, 5) is 24.3. The van der Waals surface area contributed by atoms with Crippen LogP contribution in [-0.4, -0.2) is 47.5 Å². The molecular formula is C18H25ClN2O3S. The van der Waals surface area contributed by atoms with Crippen molar-refractivity contribution in [3.05, 3.63) is 29.8 Å². The summed E-state index contributed by atoms with van der Waals surface area (Å²) in [5.74, 6) is 1.29. The zero-order chi connectivity index (χ0) is 16.8. The third-order valence-electron chi connectivity index (χ3n) is 4.45. The molecule has 7 heteroatoms. The Labute approximate surface area is 159 Å². The number of nitrogens with zero attached hydrogens (tertiary/aromatic N) is 1. The van der Waals surface area contributed by atoms with Crippen LogP contribution in [0.4, 0.5) is 4.79 Å². The number of hydrogen-bond acceptors (Lipinski definition) is 5. The van der Waals surface area contributed by atoms with Gasteiger partial charge in [-0.2, -0.15) is 0 Å². The van der Waals surface area contributed by atoms with Crippen LogP contribution in [0.2, 0.25) is 0 Å². The van der Waals surface area contributed by atoms with Crippen LogP contribution in [0.1, 0.15) is 31.2 Å². The lowest BCUT2D eigenvalue weighted by Gasteiger charge is -2.26. The Balaban J connectivity index is 0.00000225. The molecule has 2 aliphatic rings. The zero-order valence-electron chi connectivity index (χ0n) is 14.2. The van der Waals surface area contributed by atoms with E-state index in [1.807, 2.05) is 12.1 Å². The number of ether oxygens (including phenoxy) is 1. The molecule has 1 aromatic rings. The molecule has 0 aliphatic carbocycles. The molecule has 1 saturated heterocycles. The molecule has 1 unspecified atom stereocenters. The molecule has 2 aliphatic heterocycles. The Morgan fingerprint density at radius 3 is 2.84 bits per heavy atom. The molecule has 0 bridgehead atoms. The topological polar surface area (TPSA) is 58.6 Å². The molecule has 2 heterocycles. The fourth-order valence-electron chi connectivity index (χ4n) is 3.08. The molecule has 2 amide bonds. The van der Waals surface area contributed by atoms with Crippen molar-refractivity contribution >= 4 is 35.3 Å². The van der Waals surface area contributed by atoms with Crippen LogP contribution in [0.5, 0.6) is 5.75 Å². The van der Waals surface area contributed by atoms with E-state index in [-0.39, 0.29) is 29.7 Å². The largest absolute Gasteiger partial charge is 0.489 e. The van der Waals surface area contributed by atoms with Gasteiger partial charge in [-0.1, -0.05) is 36.4 Å². The van der Waals surface area contributed by atoms with E-state index in [0.717, 1.165) is 62.7 Å².